The molecule has 0 radical (unpaired) electrons. The standard InChI is InChI=1S/C75H105N15O18S2/c1-42(2)61(76)74(5,6)41-108-75(7,8)28-27-56(91)84-53(67(97)80-30-32-105-34-36-107-58(93)26-22-51(71(102)103)86-65(95)47-17-11-45(12-18-47)14-20-49-38-82-63-60(49)69(99)90-73(78)88-63)40-110-55-24-23-54(55)109-39-52(83-43(3)4)66(96)79-29-31-104-33-35-106-57(92)25-21-50(70(100)101)85-64(94)46-15-9-44(10-16-46)13-19-48-37-81-62-59(48)68(98)89-72(77)87-62/h9-12,15-18,37-38,42-43,50-55,76,83H,13-14,19-36,39-41H2,1-8H3,(H,79,96)(H,80,97)(H,84,91)(H,85,94)(H,86,95)(H,100,101)(H,102,103)(H4,77,81,87,89,98)(H4,78,82,88,90,99). The number of carbonyl (C=O) groups is 9. The van der Waals surface area contributed by atoms with Crippen LogP contribution >= 0.6 is 23.5 Å². The van der Waals surface area contributed by atoms with Gasteiger partial charge in [0.15, 0.2) is 0 Å². The molecule has 5 amide bonds. The minimum Gasteiger partial charge on any atom is -0.480 e. The fourth-order valence-electron chi connectivity index (χ4n) is 11.9. The number of carbonyl (C=O) groups excluding carboxylic acids is 7. The molecule has 0 aliphatic heterocycles. The smallest absolute Gasteiger partial charge is 0.326 e. The number of carboxylic acids is 2. The Morgan fingerprint density at radius 2 is 1.03 bits per heavy atom. The van der Waals surface area contributed by atoms with Gasteiger partial charge in [0.05, 0.1) is 55.4 Å². The zero-order valence-corrected chi connectivity index (χ0v) is 65.1. The summed E-state index contributed by atoms with van der Waals surface area (Å²) in [5.74, 6) is -5.68. The van der Waals surface area contributed by atoms with Gasteiger partial charge in [-0.1, -0.05) is 65.8 Å². The normalized spacial score (nSPS) is 14.8. The highest BCUT2D eigenvalue weighted by molar-refractivity contribution is 8.04. The number of nitrogens with two attached hydrogens (primary N) is 2. The van der Waals surface area contributed by atoms with Gasteiger partial charge in [-0.2, -0.15) is 33.5 Å². The molecule has 1 aliphatic carbocycles. The number of amides is 5. The topological polar surface area (TPSA) is 511 Å². The Bertz CT molecular complexity index is 4250. The Morgan fingerprint density at radius 3 is 1.45 bits per heavy atom. The molecule has 110 heavy (non-hydrogen) atoms. The molecular weight excluding hydrogens is 1460 g/mol. The van der Waals surface area contributed by atoms with Gasteiger partial charge in [0.2, 0.25) is 29.6 Å². The van der Waals surface area contributed by atoms with Crippen LogP contribution in [0.1, 0.15) is 150 Å². The number of aromatic nitrogens is 6. The van der Waals surface area contributed by atoms with E-state index in [4.69, 9.17) is 40.6 Å². The summed E-state index contributed by atoms with van der Waals surface area (Å²) >= 11 is 3.20. The van der Waals surface area contributed by atoms with Crippen molar-refractivity contribution in [3.8, 4) is 0 Å². The number of esters is 2. The number of benzene rings is 2. The summed E-state index contributed by atoms with van der Waals surface area (Å²) in [7, 11) is 0. The lowest BCUT2D eigenvalue weighted by molar-refractivity contribution is -0.147. The predicted molar refractivity (Wildman–Crippen MR) is 417 cm³/mol. The highest BCUT2D eigenvalue weighted by atomic mass is 32.2. The lowest BCUT2D eigenvalue weighted by Gasteiger charge is -2.37. The minimum atomic E-state index is -1.40. The second-order valence-electron chi connectivity index (χ2n) is 28.7. The third-order valence-electron chi connectivity index (χ3n) is 18.3. The first kappa shape index (κ1) is 87.5. The van der Waals surface area contributed by atoms with Crippen molar-refractivity contribution in [3.05, 3.63) is 115 Å². The molecule has 0 saturated heterocycles. The largest absolute Gasteiger partial charge is 0.480 e. The molecule has 35 heteroatoms. The summed E-state index contributed by atoms with van der Waals surface area (Å²) in [5, 5.41) is 46.3. The monoisotopic (exact) mass is 1570 g/mol. The molecule has 1 aliphatic rings. The van der Waals surface area contributed by atoms with E-state index in [0.717, 1.165) is 35.1 Å². The number of aliphatic carboxylic acids is 2. The van der Waals surface area contributed by atoms with E-state index in [1.165, 1.54) is 0 Å². The van der Waals surface area contributed by atoms with Crippen molar-refractivity contribution in [2.45, 2.75) is 179 Å². The zero-order chi connectivity index (χ0) is 80.2. The molecule has 0 spiro atoms. The number of nitrogens with one attached hydrogen (secondary N) is 11. The second-order valence-corrected chi connectivity index (χ2v) is 31.3. The first-order valence-corrected chi connectivity index (χ1v) is 38.9. The van der Waals surface area contributed by atoms with Crippen LogP contribution in [0.4, 0.5) is 11.9 Å². The first-order valence-electron chi connectivity index (χ1n) is 36.8. The van der Waals surface area contributed by atoms with Gasteiger partial charge in [-0.15, -0.1) is 0 Å². The number of carboxylic acid groups (broad SMARTS) is 2. The van der Waals surface area contributed by atoms with Crippen LogP contribution in [0.2, 0.25) is 0 Å². The molecule has 17 N–H and O–H groups in total. The molecule has 600 valence electrons. The van der Waals surface area contributed by atoms with Crippen LogP contribution in [-0.2, 0) is 82.9 Å². The number of anilines is 2. The summed E-state index contributed by atoms with van der Waals surface area (Å²) in [5.41, 5.74) is 14.3. The Kier molecular flexibility index (Phi) is 33.8. The maximum atomic E-state index is 13.9. The number of nitrogens with zero attached hydrogens (tertiary/aromatic N) is 2. The third-order valence-corrected chi connectivity index (χ3v) is 21.5. The van der Waals surface area contributed by atoms with Gasteiger partial charge in [-0.3, -0.25) is 53.1 Å². The van der Waals surface area contributed by atoms with E-state index in [0.29, 0.717) is 65.6 Å². The van der Waals surface area contributed by atoms with Crippen LogP contribution in [0, 0.1) is 16.7 Å². The summed E-state index contributed by atoms with van der Waals surface area (Å²) in [6.07, 6.45) is 6.45. The molecule has 6 aromatic rings. The van der Waals surface area contributed by atoms with E-state index < -0.39 is 76.8 Å². The van der Waals surface area contributed by atoms with Crippen LogP contribution in [-0.4, -0.2) is 216 Å². The Hall–Kier alpha value is -9.68. The number of rotatable bonds is 49. The molecule has 4 aromatic heterocycles. The number of thioether (sulfide) groups is 2. The number of aromatic amines is 4. The van der Waals surface area contributed by atoms with Gasteiger partial charge in [0.25, 0.3) is 22.9 Å². The van der Waals surface area contributed by atoms with Crippen molar-refractivity contribution in [2.75, 3.05) is 82.3 Å². The number of ether oxygens (including phenoxy) is 5. The first-order chi connectivity index (χ1) is 52.3. The van der Waals surface area contributed by atoms with Gasteiger partial charge < -0.3 is 92.6 Å². The molecule has 6 unspecified atom stereocenters. The summed E-state index contributed by atoms with van der Waals surface area (Å²) in [6, 6.07) is 8.83. The maximum Gasteiger partial charge on any atom is 0.326 e. The van der Waals surface area contributed by atoms with Gasteiger partial charge in [-0.25, -0.2) is 9.59 Å². The van der Waals surface area contributed by atoms with Gasteiger partial charge in [0.1, 0.15) is 42.6 Å². The Morgan fingerprint density at radius 1 is 0.591 bits per heavy atom. The van der Waals surface area contributed by atoms with Crippen molar-refractivity contribution in [1.82, 2.24) is 61.8 Å². The Balaban J connectivity index is 0.788. The summed E-state index contributed by atoms with van der Waals surface area (Å²) in [4.78, 5) is 161. The van der Waals surface area contributed by atoms with E-state index in [2.05, 4.69) is 61.8 Å². The fraction of sp³-hybridized carbons (Fsp3) is 0.547. The number of hydrogen-bond acceptors (Lipinski definition) is 24. The molecule has 33 nitrogen and oxygen atoms in total. The van der Waals surface area contributed by atoms with Gasteiger partial charge in [0, 0.05) is 95.0 Å². The molecule has 4 heterocycles. The van der Waals surface area contributed by atoms with Crippen LogP contribution < -0.4 is 54.5 Å². The van der Waals surface area contributed by atoms with Crippen LogP contribution in [0.15, 0.2) is 70.5 Å². The number of hydrogen-bond donors (Lipinski definition) is 15. The molecule has 7 rings (SSSR count). The maximum absolute atomic E-state index is 13.9. The fourth-order valence-corrected chi connectivity index (χ4v) is 15.1. The van der Waals surface area contributed by atoms with Crippen LogP contribution in [0.3, 0.4) is 0 Å². The average molecular weight is 1570 g/mol. The van der Waals surface area contributed by atoms with E-state index in [1.54, 1.807) is 84.4 Å². The predicted octanol–water partition coefficient (Wildman–Crippen LogP) is 4.66. The zero-order valence-electron chi connectivity index (χ0n) is 63.4. The number of aryl methyl sites for hydroxylation is 4. The Labute approximate surface area is 645 Å². The number of fused-ring (bicyclic) bond motifs is 2. The van der Waals surface area contributed by atoms with Crippen molar-refractivity contribution >= 4 is 117 Å². The van der Waals surface area contributed by atoms with Crippen molar-refractivity contribution in [1.29, 1.82) is 5.41 Å². The minimum absolute atomic E-state index is 0.000493. The van der Waals surface area contributed by atoms with E-state index in [9.17, 15) is 63.0 Å². The van der Waals surface area contributed by atoms with Gasteiger partial charge in [-0.05, 0) is 124 Å². The van der Waals surface area contributed by atoms with E-state index in [1.807, 2.05) is 55.4 Å². The molecule has 0 bridgehead atoms. The van der Waals surface area contributed by atoms with Crippen LogP contribution in [0.25, 0.3) is 22.1 Å². The number of H-pyrrole nitrogens is 4. The lowest BCUT2D eigenvalue weighted by atomic mass is 9.82. The molecular formula is C75H105N15O18S2. The average Bonchev–Trinajstić information content (AvgIpc) is 1.66. The lowest BCUT2D eigenvalue weighted by Crippen LogP contribution is -2.50. The van der Waals surface area contributed by atoms with E-state index >= 15 is 0 Å². The third kappa shape index (κ3) is 28.0. The van der Waals surface area contributed by atoms with Crippen molar-refractivity contribution in [3.63, 3.8) is 0 Å². The highest BCUT2D eigenvalue weighted by Gasteiger charge is 2.36. The SMILES string of the molecule is CC(C)NC(CSC1CCC1SCC(NC(=O)CCC(C)(C)OCC(C)(C)C(=N)C(C)C)C(=O)NCCOCCOC(=O)CCC(NC(=O)c1ccc(CCc2c[nH]c3nc(N)[nH]c(=O)c23)cc1)C(=O)O)C(=O)NCCOCCOC(=O)CCC(NC(=O)c1ccc(CCc2c[nH]c3nc(N)[nH]c(=O)c23)cc1)C(=O)O. The quantitative estimate of drug-likeness (QED) is 0.0140. The van der Waals surface area contributed by atoms with Crippen LogP contribution in [0.5, 0.6) is 0 Å². The summed E-state index contributed by atoms with van der Waals surface area (Å²) in [6.45, 7) is 15.7. The number of nitrogen functional groups attached to an aromatic ring is 2. The molecule has 1 saturated carbocycles. The van der Waals surface area contributed by atoms with Gasteiger partial charge >= 0.3 is 23.9 Å². The van der Waals surface area contributed by atoms with E-state index in [-0.39, 0.29) is 166 Å². The molecule has 1 fully saturated rings. The highest BCUT2D eigenvalue weighted by Crippen LogP contribution is 2.41. The van der Waals surface area contributed by atoms with Crippen molar-refractivity contribution < 1.29 is 77.0 Å². The molecule has 6 atom stereocenters. The second kappa shape index (κ2) is 42.5. The molecule has 2 aromatic carbocycles. The summed E-state index contributed by atoms with van der Waals surface area (Å²) < 4.78 is 28.0. The van der Waals surface area contributed by atoms with Crippen molar-refractivity contribution in [2.24, 2.45) is 11.3 Å².